The van der Waals surface area contributed by atoms with E-state index in [-0.39, 0.29) is 5.91 Å². The predicted molar refractivity (Wildman–Crippen MR) is 104 cm³/mol. The van der Waals surface area contributed by atoms with Crippen molar-refractivity contribution in [3.05, 3.63) is 64.0 Å². The molecule has 1 fully saturated rings. The Balaban J connectivity index is 1.75. The maximum atomic E-state index is 12.4. The molecule has 1 saturated heterocycles. The van der Waals surface area contributed by atoms with Crippen molar-refractivity contribution in [1.82, 2.24) is 4.90 Å². The van der Waals surface area contributed by atoms with Crippen LogP contribution in [0.4, 0.5) is 5.69 Å². The summed E-state index contributed by atoms with van der Waals surface area (Å²) in [6, 6.07) is 13.8. The molecular formula is C19H14ClN2O4S-. The maximum absolute atomic E-state index is 12.4. The van der Waals surface area contributed by atoms with Crippen LogP contribution in [0.15, 0.2) is 58.4 Å². The van der Waals surface area contributed by atoms with Crippen LogP contribution in [0.25, 0.3) is 6.08 Å². The number of ether oxygens (including phenoxy) is 1. The number of thioether (sulfide) groups is 1. The zero-order chi connectivity index (χ0) is 19.4. The van der Waals surface area contributed by atoms with Gasteiger partial charge < -0.3 is 14.6 Å². The minimum absolute atomic E-state index is 0.148. The first kappa shape index (κ1) is 19.0. The molecule has 1 aliphatic heterocycles. The van der Waals surface area contributed by atoms with Crippen LogP contribution >= 0.6 is 23.4 Å². The number of amidine groups is 1. The van der Waals surface area contributed by atoms with E-state index in [4.69, 9.17) is 16.3 Å². The van der Waals surface area contributed by atoms with Gasteiger partial charge in [-0.3, -0.25) is 9.69 Å². The molecule has 1 amide bonds. The molecule has 1 heterocycles. The fourth-order valence-electron chi connectivity index (χ4n) is 2.23. The Morgan fingerprint density at radius 1 is 1.22 bits per heavy atom. The lowest BCUT2D eigenvalue weighted by Crippen LogP contribution is -2.28. The van der Waals surface area contributed by atoms with E-state index in [0.717, 1.165) is 5.56 Å². The van der Waals surface area contributed by atoms with E-state index in [0.29, 0.717) is 26.5 Å². The van der Waals surface area contributed by atoms with Crippen LogP contribution in [0.5, 0.6) is 5.75 Å². The first-order valence-corrected chi connectivity index (χ1v) is 9.06. The molecule has 0 aliphatic carbocycles. The second-order valence-electron chi connectivity index (χ2n) is 5.58. The average molecular weight is 402 g/mol. The fraction of sp³-hybridized carbons (Fsp3) is 0.105. The number of carbonyl (C=O) groups is 2. The summed E-state index contributed by atoms with van der Waals surface area (Å²) in [7, 11) is 1.67. The second-order valence-corrected chi connectivity index (χ2v) is 7.02. The van der Waals surface area contributed by atoms with Crippen molar-refractivity contribution in [2.45, 2.75) is 0 Å². The Hall–Kier alpha value is -2.77. The van der Waals surface area contributed by atoms with Gasteiger partial charge in [-0.15, -0.1) is 0 Å². The van der Waals surface area contributed by atoms with Crippen molar-refractivity contribution >= 4 is 52.2 Å². The number of aliphatic carboxylic acids is 1. The molecule has 0 saturated carbocycles. The second kappa shape index (κ2) is 8.28. The third-order valence-corrected chi connectivity index (χ3v) is 4.90. The number of carboxylic acids is 1. The number of carbonyl (C=O) groups excluding carboxylic acids is 2. The van der Waals surface area contributed by atoms with Crippen LogP contribution in [-0.4, -0.2) is 35.6 Å². The van der Waals surface area contributed by atoms with Crippen molar-refractivity contribution in [2.75, 3.05) is 13.7 Å². The van der Waals surface area contributed by atoms with Gasteiger partial charge in [0.05, 0.1) is 16.6 Å². The monoisotopic (exact) mass is 401 g/mol. The van der Waals surface area contributed by atoms with Gasteiger partial charge in [0, 0.05) is 12.1 Å². The van der Waals surface area contributed by atoms with Crippen LogP contribution in [0, 0.1) is 0 Å². The zero-order valence-electron chi connectivity index (χ0n) is 14.2. The van der Waals surface area contributed by atoms with Crippen LogP contribution < -0.4 is 9.84 Å². The number of rotatable bonds is 5. The lowest BCUT2D eigenvalue weighted by Gasteiger charge is -2.07. The van der Waals surface area contributed by atoms with Crippen LogP contribution in [-0.2, 0) is 9.59 Å². The molecule has 2 aromatic carbocycles. The molecule has 0 radical (unpaired) electrons. The van der Waals surface area contributed by atoms with Crippen molar-refractivity contribution in [2.24, 2.45) is 4.99 Å². The Bertz CT molecular complexity index is 924. The predicted octanol–water partition coefficient (Wildman–Crippen LogP) is 2.70. The van der Waals surface area contributed by atoms with Gasteiger partial charge in [-0.2, -0.15) is 0 Å². The Kier molecular flexibility index (Phi) is 5.83. The average Bonchev–Trinajstić information content (AvgIpc) is 2.91. The minimum atomic E-state index is -1.29. The number of nitrogens with zero attached hydrogens (tertiary/aromatic N) is 2. The lowest BCUT2D eigenvalue weighted by molar-refractivity contribution is -0.307. The highest BCUT2D eigenvalue weighted by Crippen LogP contribution is 2.33. The molecule has 8 heteroatoms. The summed E-state index contributed by atoms with van der Waals surface area (Å²) in [6.45, 7) is -0.510. The summed E-state index contributed by atoms with van der Waals surface area (Å²) in [5.41, 5.74) is 1.49. The van der Waals surface area contributed by atoms with E-state index in [1.807, 2.05) is 0 Å². The van der Waals surface area contributed by atoms with E-state index in [2.05, 4.69) is 4.99 Å². The fourth-order valence-corrected chi connectivity index (χ4v) is 3.34. The van der Waals surface area contributed by atoms with Gasteiger partial charge in [0.25, 0.3) is 5.91 Å². The number of likely N-dealkylation sites (N-methyl/N-ethyl adjacent to an activating group) is 1. The quantitative estimate of drug-likeness (QED) is 0.719. The summed E-state index contributed by atoms with van der Waals surface area (Å²) in [5, 5.41) is 11.6. The van der Waals surface area contributed by atoms with Crippen molar-refractivity contribution in [1.29, 1.82) is 0 Å². The van der Waals surface area contributed by atoms with Crippen molar-refractivity contribution < 1.29 is 19.4 Å². The molecule has 0 bridgehead atoms. The first-order valence-electron chi connectivity index (χ1n) is 7.87. The minimum Gasteiger partial charge on any atom is -0.546 e. The smallest absolute Gasteiger partial charge is 0.266 e. The number of hydrogen-bond donors (Lipinski definition) is 0. The molecule has 27 heavy (non-hydrogen) atoms. The molecule has 0 unspecified atom stereocenters. The Labute approximate surface area is 165 Å². The molecule has 3 rings (SSSR count). The van der Waals surface area contributed by atoms with Gasteiger partial charge in [-0.25, -0.2) is 4.99 Å². The van der Waals surface area contributed by atoms with Gasteiger partial charge in [0.1, 0.15) is 12.4 Å². The highest BCUT2D eigenvalue weighted by molar-refractivity contribution is 8.18. The van der Waals surface area contributed by atoms with Gasteiger partial charge >= 0.3 is 0 Å². The number of carboxylic acid groups (broad SMARTS) is 1. The SMILES string of the molecule is CN1C(=O)/C(=C\c2ccc(OCC(=O)[O-])cc2)SC1=Nc1ccc(Cl)cc1. The van der Waals surface area contributed by atoms with E-state index < -0.39 is 12.6 Å². The van der Waals surface area contributed by atoms with Gasteiger partial charge in [-0.1, -0.05) is 23.7 Å². The molecule has 0 N–H and O–H groups in total. The van der Waals surface area contributed by atoms with Gasteiger partial charge in [0.15, 0.2) is 5.17 Å². The van der Waals surface area contributed by atoms with Crippen LogP contribution in [0.2, 0.25) is 5.02 Å². The maximum Gasteiger partial charge on any atom is 0.266 e. The third-order valence-electron chi connectivity index (χ3n) is 3.59. The number of hydrogen-bond acceptors (Lipinski definition) is 6. The highest BCUT2D eigenvalue weighted by atomic mass is 35.5. The molecule has 6 nitrogen and oxygen atoms in total. The summed E-state index contributed by atoms with van der Waals surface area (Å²) >= 11 is 7.15. The van der Waals surface area contributed by atoms with Crippen molar-refractivity contribution in [3.63, 3.8) is 0 Å². The molecule has 2 aromatic rings. The Morgan fingerprint density at radius 3 is 2.52 bits per heavy atom. The number of benzene rings is 2. The Morgan fingerprint density at radius 2 is 1.89 bits per heavy atom. The summed E-state index contributed by atoms with van der Waals surface area (Å²) < 4.78 is 5.03. The topological polar surface area (TPSA) is 82.0 Å². The third kappa shape index (κ3) is 4.90. The standard InChI is InChI=1S/C19H15ClN2O4S/c1-22-18(25)16(27-19(22)21-14-6-4-13(20)5-7-14)10-12-2-8-15(9-3-12)26-11-17(23)24/h2-10H,11H2,1H3,(H,23,24)/p-1/b16-10+,21-19?. The lowest BCUT2D eigenvalue weighted by atomic mass is 10.2. The van der Waals surface area contributed by atoms with Crippen LogP contribution in [0.3, 0.4) is 0 Å². The van der Waals surface area contributed by atoms with E-state index in [1.165, 1.54) is 16.7 Å². The first-order chi connectivity index (χ1) is 12.9. The zero-order valence-corrected chi connectivity index (χ0v) is 15.8. The van der Waals surface area contributed by atoms with Crippen LogP contribution in [0.1, 0.15) is 5.56 Å². The molecule has 0 atom stereocenters. The van der Waals surface area contributed by atoms with Gasteiger partial charge in [-0.05, 0) is 59.8 Å². The molecular weight excluding hydrogens is 388 g/mol. The van der Waals surface area contributed by atoms with E-state index in [1.54, 1.807) is 61.7 Å². The summed E-state index contributed by atoms with van der Waals surface area (Å²) in [5.74, 6) is -1.02. The summed E-state index contributed by atoms with van der Waals surface area (Å²) in [4.78, 5) is 29.4. The van der Waals surface area contributed by atoms with E-state index in [9.17, 15) is 14.7 Å². The normalized spacial score (nSPS) is 17.0. The number of aliphatic imine (C=N–C) groups is 1. The summed E-state index contributed by atoms with van der Waals surface area (Å²) in [6.07, 6.45) is 1.75. The van der Waals surface area contributed by atoms with Crippen molar-refractivity contribution in [3.8, 4) is 5.75 Å². The highest BCUT2D eigenvalue weighted by Gasteiger charge is 2.30. The van der Waals surface area contributed by atoms with E-state index >= 15 is 0 Å². The molecule has 138 valence electrons. The molecule has 0 spiro atoms. The van der Waals surface area contributed by atoms with Gasteiger partial charge in [0.2, 0.25) is 0 Å². The number of halogens is 1. The largest absolute Gasteiger partial charge is 0.546 e. The number of amides is 1. The molecule has 1 aliphatic rings. The molecule has 0 aromatic heterocycles.